The average Bonchev–Trinajstić information content (AvgIpc) is 3.50. The predicted molar refractivity (Wildman–Crippen MR) is 253 cm³/mol. The minimum absolute atomic E-state index is 0.00364. The van der Waals surface area contributed by atoms with E-state index in [-0.39, 0.29) is 50.1 Å². The summed E-state index contributed by atoms with van der Waals surface area (Å²) in [5, 5.41) is 20.7. The predicted octanol–water partition coefficient (Wildman–Crippen LogP) is 11.3. The third-order valence-electron chi connectivity index (χ3n) is 11.9. The Bertz CT molecular complexity index is 1290. The molecule has 0 saturated heterocycles. The van der Waals surface area contributed by atoms with Gasteiger partial charge in [0.2, 0.25) is 0 Å². The molecule has 6 atom stereocenters. The number of rotatable bonds is 42. The quantitative estimate of drug-likeness (QED) is 0.0175. The molecule has 0 aromatic carbocycles. The lowest BCUT2D eigenvalue weighted by atomic mass is 9.90. The van der Waals surface area contributed by atoms with Gasteiger partial charge in [0.15, 0.2) is 6.10 Å². The number of quaternary nitrogens is 1. The van der Waals surface area contributed by atoms with Crippen LogP contribution < -0.4 is 0 Å². The minimum atomic E-state index is -4.44. The highest BCUT2D eigenvalue weighted by Gasteiger charge is 2.39. The first kappa shape index (κ1) is 59.1. The molecule has 0 radical (unpaired) electrons. The number of esters is 2. The fraction of sp³-hybridized carbons (Fsp3) is 0.860. The Morgan fingerprint density at radius 2 is 1.25 bits per heavy atom. The first-order chi connectivity index (χ1) is 30.2. The summed E-state index contributed by atoms with van der Waals surface area (Å²) in [5.74, 6) is -1.69. The fourth-order valence-corrected chi connectivity index (χ4v) is 8.56. The molecule has 1 aliphatic carbocycles. The van der Waals surface area contributed by atoms with Crippen LogP contribution in [-0.2, 0) is 37.5 Å². The lowest BCUT2D eigenvalue weighted by Gasteiger charge is -2.24. The third-order valence-corrected chi connectivity index (χ3v) is 12.8. The summed E-state index contributed by atoms with van der Waals surface area (Å²) in [5.41, 5.74) is 0. The second kappa shape index (κ2) is 37.2. The lowest BCUT2D eigenvalue weighted by molar-refractivity contribution is -0.870. The molecular weight excluding hydrogens is 822 g/mol. The number of hydrogen-bond donors (Lipinski definition) is 3. The number of ether oxygens (including phenoxy) is 2. The van der Waals surface area contributed by atoms with Crippen LogP contribution in [0.15, 0.2) is 24.3 Å². The number of phosphoric ester groups is 1. The van der Waals surface area contributed by atoms with Crippen molar-refractivity contribution in [1.82, 2.24) is 0 Å². The van der Waals surface area contributed by atoms with Crippen molar-refractivity contribution < 1.29 is 57.1 Å². The van der Waals surface area contributed by atoms with Crippen LogP contribution in [0.2, 0.25) is 0 Å². The Hall–Kier alpha value is -1.92. The summed E-state index contributed by atoms with van der Waals surface area (Å²) < 4.78 is 34.3. The summed E-state index contributed by atoms with van der Waals surface area (Å²) in [6.07, 6.45) is 34.4. The van der Waals surface area contributed by atoms with Gasteiger partial charge < -0.3 is 29.1 Å². The zero-order valence-corrected chi connectivity index (χ0v) is 41.4. The number of nitrogens with zero attached hydrogens (tertiary/aromatic N) is 1. The van der Waals surface area contributed by atoms with Crippen LogP contribution >= 0.6 is 7.82 Å². The van der Waals surface area contributed by atoms with Crippen molar-refractivity contribution in [1.29, 1.82) is 0 Å². The zero-order chi connectivity index (χ0) is 46.6. The van der Waals surface area contributed by atoms with E-state index in [0.29, 0.717) is 43.1 Å². The molecule has 0 aromatic rings. The van der Waals surface area contributed by atoms with Gasteiger partial charge in [0.1, 0.15) is 25.5 Å². The minimum Gasteiger partial charge on any atom is -0.462 e. The highest BCUT2D eigenvalue weighted by Crippen LogP contribution is 2.43. The highest BCUT2D eigenvalue weighted by molar-refractivity contribution is 7.47. The SMILES string of the molecule is CCCCCCCCCCCCCCCCCCCCCC(=O)O[C@H](COC(=O)CCC/C=C\C[C@H]1C(=O)C[C@@H](O)[C@@H]1/C=C/[C@@H](O)CCCCC)COP(=O)(O)OCC[N+](C)(C)C. The third kappa shape index (κ3) is 34.1. The van der Waals surface area contributed by atoms with Crippen molar-refractivity contribution in [2.24, 2.45) is 11.8 Å². The van der Waals surface area contributed by atoms with Gasteiger partial charge in [-0.05, 0) is 32.1 Å². The Labute approximate surface area is 383 Å². The summed E-state index contributed by atoms with van der Waals surface area (Å²) in [4.78, 5) is 48.3. The van der Waals surface area contributed by atoms with Gasteiger partial charge in [-0.15, -0.1) is 0 Å². The van der Waals surface area contributed by atoms with Crippen LogP contribution in [0.1, 0.15) is 200 Å². The molecule has 0 aliphatic heterocycles. The number of unbranched alkanes of at least 4 members (excludes halogenated alkanes) is 21. The van der Waals surface area contributed by atoms with E-state index in [1.54, 1.807) is 12.2 Å². The molecule has 0 spiro atoms. The van der Waals surface area contributed by atoms with Crippen LogP contribution in [0.3, 0.4) is 0 Å². The number of aliphatic hydroxyl groups excluding tert-OH is 2. The van der Waals surface area contributed by atoms with Gasteiger partial charge in [0, 0.05) is 31.1 Å². The van der Waals surface area contributed by atoms with Crippen molar-refractivity contribution in [2.45, 2.75) is 218 Å². The molecule has 368 valence electrons. The zero-order valence-electron chi connectivity index (χ0n) is 40.5. The van der Waals surface area contributed by atoms with Gasteiger partial charge in [-0.2, -0.15) is 0 Å². The summed E-state index contributed by atoms with van der Waals surface area (Å²) >= 11 is 0. The first-order valence-electron chi connectivity index (χ1n) is 25.2. The van der Waals surface area contributed by atoms with E-state index in [1.165, 1.54) is 96.3 Å². The molecule has 0 heterocycles. The second-order valence-electron chi connectivity index (χ2n) is 19.0. The molecule has 1 aliphatic rings. The van der Waals surface area contributed by atoms with Gasteiger partial charge in [0.25, 0.3) is 0 Å². The summed E-state index contributed by atoms with van der Waals surface area (Å²) in [6, 6.07) is 0. The number of likely N-dealkylation sites (N-methyl/N-ethyl adjacent to an activating group) is 1. The monoisotopic (exact) mass is 915 g/mol. The van der Waals surface area contributed by atoms with Gasteiger partial charge in [-0.25, -0.2) is 4.57 Å². The van der Waals surface area contributed by atoms with Gasteiger partial charge in [-0.1, -0.05) is 173 Å². The van der Waals surface area contributed by atoms with E-state index < -0.39 is 44.7 Å². The van der Waals surface area contributed by atoms with E-state index in [1.807, 2.05) is 33.3 Å². The second-order valence-corrected chi connectivity index (χ2v) is 20.4. The number of aliphatic hydroxyl groups is 2. The lowest BCUT2D eigenvalue weighted by Crippen LogP contribution is -2.37. The largest absolute Gasteiger partial charge is 0.472 e. The molecule has 0 amide bonds. The molecule has 1 fully saturated rings. The maximum absolute atomic E-state index is 12.8. The molecule has 1 rings (SSSR count). The number of hydrogen-bond acceptors (Lipinski definition) is 10. The summed E-state index contributed by atoms with van der Waals surface area (Å²) in [7, 11) is 1.34. The van der Waals surface area contributed by atoms with Crippen LogP contribution in [0.5, 0.6) is 0 Å². The molecule has 1 saturated carbocycles. The normalized spacial score (nSPS) is 18.9. The molecule has 1 unspecified atom stereocenters. The van der Waals surface area contributed by atoms with E-state index in [2.05, 4.69) is 13.8 Å². The van der Waals surface area contributed by atoms with Crippen LogP contribution in [0, 0.1) is 11.8 Å². The maximum Gasteiger partial charge on any atom is 0.472 e. The van der Waals surface area contributed by atoms with Gasteiger partial charge in [0.05, 0.1) is 40.0 Å². The summed E-state index contributed by atoms with van der Waals surface area (Å²) in [6.45, 7) is 4.04. The molecular formula is C50H93NO11P+. The van der Waals surface area contributed by atoms with E-state index >= 15 is 0 Å². The topological polar surface area (TPSA) is 166 Å². The van der Waals surface area contributed by atoms with E-state index in [0.717, 1.165) is 38.5 Å². The van der Waals surface area contributed by atoms with Gasteiger partial charge >= 0.3 is 19.8 Å². The van der Waals surface area contributed by atoms with E-state index in [9.17, 15) is 34.1 Å². The van der Waals surface area contributed by atoms with Gasteiger partial charge in [-0.3, -0.25) is 23.4 Å². The van der Waals surface area contributed by atoms with Crippen LogP contribution in [-0.4, -0.2) is 103 Å². The van der Waals surface area contributed by atoms with E-state index in [4.69, 9.17) is 18.5 Å². The Morgan fingerprint density at radius 3 is 1.81 bits per heavy atom. The number of ketones is 1. The number of Topliss-reactive ketones (excluding diaryl/α,β-unsaturated/α-hetero) is 1. The van der Waals surface area contributed by atoms with Crippen molar-refractivity contribution >= 4 is 25.5 Å². The molecule has 13 heteroatoms. The molecule has 12 nitrogen and oxygen atoms in total. The number of carbonyl (C=O) groups is 3. The van der Waals surface area contributed by atoms with Crippen molar-refractivity contribution in [3.8, 4) is 0 Å². The standard InChI is InChI=1S/C50H92NO11P/c1-6-8-10-11-12-13-14-15-16-17-18-19-20-21-22-23-24-25-31-35-50(56)62-44(42-61-63(57,58)60-39-38-51(3,4)5)41-59-49(55)34-30-27-26-29-33-45-46(48(54)40-47(45)53)37-36-43(52)32-28-9-7-2/h26,29,36-37,43-46,48,52,54H,6-25,27-28,30-35,38-42H2,1-5H3/p+1/b29-26-,37-36+/t43-,44+,45+,46+,48+/m0/s1. The number of allylic oxidation sites excluding steroid dienone is 2. The Balaban J connectivity index is 2.41. The van der Waals surface area contributed by atoms with Crippen molar-refractivity contribution in [3.63, 3.8) is 0 Å². The number of carbonyl (C=O) groups excluding carboxylic acids is 3. The molecule has 63 heavy (non-hydrogen) atoms. The number of phosphoric acid groups is 1. The Morgan fingerprint density at radius 1 is 0.730 bits per heavy atom. The first-order valence-corrected chi connectivity index (χ1v) is 26.7. The smallest absolute Gasteiger partial charge is 0.462 e. The van der Waals surface area contributed by atoms with Crippen molar-refractivity contribution in [3.05, 3.63) is 24.3 Å². The molecule has 0 bridgehead atoms. The highest BCUT2D eigenvalue weighted by atomic mass is 31.2. The Kier molecular flexibility index (Phi) is 34.9. The fourth-order valence-electron chi connectivity index (χ4n) is 7.82. The van der Waals surface area contributed by atoms with Crippen LogP contribution in [0.25, 0.3) is 0 Å². The van der Waals surface area contributed by atoms with Crippen molar-refractivity contribution in [2.75, 3.05) is 47.5 Å². The maximum atomic E-state index is 12.8. The molecule has 0 aromatic heterocycles. The average molecular weight is 915 g/mol. The molecule has 3 N–H and O–H groups in total. The van der Waals surface area contributed by atoms with Crippen LogP contribution in [0.4, 0.5) is 0 Å².